The zero-order valence-electron chi connectivity index (χ0n) is 16.0. The summed E-state index contributed by atoms with van der Waals surface area (Å²) >= 11 is 1.33. The number of likely N-dealkylation sites (N-methyl/N-ethyl adjacent to an activating group) is 1. The number of thioether (sulfide) groups is 1. The third-order valence-corrected chi connectivity index (χ3v) is 6.49. The van der Waals surface area contributed by atoms with Gasteiger partial charge in [0.15, 0.2) is 11.5 Å². The summed E-state index contributed by atoms with van der Waals surface area (Å²) in [5, 5.41) is 0. The van der Waals surface area contributed by atoms with Crippen LogP contribution in [0.4, 0.5) is 11.4 Å². The van der Waals surface area contributed by atoms with Crippen molar-refractivity contribution in [3.05, 3.63) is 42.0 Å². The maximum Gasteiger partial charge on any atom is 0.268 e. The van der Waals surface area contributed by atoms with E-state index in [4.69, 9.17) is 14.2 Å². The van der Waals surface area contributed by atoms with E-state index >= 15 is 0 Å². The van der Waals surface area contributed by atoms with E-state index in [1.54, 1.807) is 29.0 Å². The Kier molecular flexibility index (Phi) is 4.38. The molecule has 2 heterocycles. The average molecular weight is 400 g/mol. The summed E-state index contributed by atoms with van der Waals surface area (Å²) in [5.41, 5.74) is 2.11. The van der Waals surface area contributed by atoms with Gasteiger partial charge in [-0.2, -0.15) is 0 Å². The van der Waals surface area contributed by atoms with Crippen molar-refractivity contribution in [3.8, 4) is 17.2 Å². The van der Waals surface area contributed by atoms with Crippen LogP contribution < -0.4 is 24.0 Å². The number of nitrogens with zero attached hydrogens (tertiary/aromatic N) is 2. The molecule has 2 aliphatic rings. The smallest absolute Gasteiger partial charge is 0.268 e. The molecule has 0 aliphatic carbocycles. The van der Waals surface area contributed by atoms with Crippen molar-refractivity contribution in [2.45, 2.75) is 4.87 Å². The van der Waals surface area contributed by atoms with Crippen LogP contribution in [-0.4, -0.2) is 45.9 Å². The monoisotopic (exact) mass is 400 g/mol. The topological polar surface area (TPSA) is 68.3 Å². The third kappa shape index (κ3) is 2.30. The molecule has 1 fully saturated rings. The zero-order chi connectivity index (χ0) is 20.1. The number of anilines is 2. The molecular formula is C20H20N2O5S. The van der Waals surface area contributed by atoms with Gasteiger partial charge in [0.1, 0.15) is 0 Å². The first-order valence-electron chi connectivity index (χ1n) is 8.64. The lowest BCUT2D eigenvalue weighted by Crippen LogP contribution is -2.49. The fraction of sp³-hybridized carbons (Fsp3) is 0.300. The summed E-state index contributed by atoms with van der Waals surface area (Å²) < 4.78 is 16.3. The molecule has 0 bridgehead atoms. The Hall–Kier alpha value is -2.87. The molecule has 0 saturated carbocycles. The minimum Gasteiger partial charge on any atom is -0.493 e. The van der Waals surface area contributed by atoms with E-state index in [1.807, 2.05) is 24.3 Å². The lowest BCUT2D eigenvalue weighted by atomic mass is 10.0. The molecule has 0 unspecified atom stereocenters. The van der Waals surface area contributed by atoms with Crippen LogP contribution in [0.2, 0.25) is 0 Å². The van der Waals surface area contributed by atoms with Gasteiger partial charge in [0.05, 0.1) is 38.5 Å². The highest BCUT2D eigenvalue weighted by Crippen LogP contribution is 2.56. The lowest BCUT2D eigenvalue weighted by molar-refractivity contribution is -0.123. The molecule has 4 rings (SSSR count). The van der Waals surface area contributed by atoms with Crippen molar-refractivity contribution in [2.75, 3.05) is 43.9 Å². The largest absolute Gasteiger partial charge is 0.493 e. The fourth-order valence-electron chi connectivity index (χ4n) is 3.85. The van der Waals surface area contributed by atoms with Gasteiger partial charge < -0.3 is 19.1 Å². The molecule has 146 valence electrons. The molecule has 0 aromatic heterocycles. The van der Waals surface area contributed by atoms with Crippen LogP contribution >= 0.6 is 11.8 Å². The van der Waals surface area contributed by atoms with Crippen LogP contribution in [0.25, 0.3) is 0 Å². The van der Waals surface area contributed by atoms with Gasteiger partial charge in [-0.05, 0) is 6.07 Å². The fourth-order valence-corrected chi connectivity index (χ4v) is 5.24. The highest BCUT2D eigenvalue weighted by molar-refractivity contribution is 8.02. The number of amides is 2. The molecule has 28 heavy (non-hydrogen) atoms. The standard InChI is InChI=1S/C20H20N2O5S/c1-21-14-8-6-5-7-13(14)20(19(21)24)22(17(23)11-28-20)12-9-15(25-2)18(27-4)16(10-12)26-3/h5-10H,11H2,1-4H3/t20-/m1/s1. The molecule has 0 N–H and O–H groups in total. The van der Waals surface area contributed by atoms with Crippen LogP contribution in [0.15, 0.2) is 36.4 Å². The van der Waals surface area contributed by atoms with Crippen molar-refractivity contribution in [2.24, 2.45) is 0 Å². The van der Waals surface area contributed by atoms with Gasteiger partial charge in [-0.25, -0.2) is 0 Å². The molecule has 8 heteroatoms. The predicted molar refractivity (Wildman–Crippen MR) is 108 cm³/mol. The maximum atomic E-state index is 13.4. The van der Waals surface area contributed by atoms with Crippen LogP contribution in [-0.2, 0) is 14.5 Å². The Morgan fingerprint density at radius 1 is 1.00 bits per heavy atom. The number of carbonyl (C=O) groups excluding carboxylic acids is 2. The maximum absolute atomic E-state index is 13.4. The molecular weight excluding hydrogens is 380 g/mol. The van der Waals surface area contributed by atoms with Gasteiger partial charge >= 0.3 is 0 Å². The van der Waals surface area contributed by atoms with E-state index in [1.165, 1.54) is 33.1 Å². The van der Waals surface area contributed by atoms with Gasteiger partial charge in [0.25, 0.3) is 5.91 Å². The summed E-state index contributed by atoms with van der Waals surface area (Å²) in [7, 11) is 6.28. The summed E-state index contributed by atoms with van der Waals surface area (Å²) in [6.07, 6.45) is 0. The number of para-hydroxylation sites is 1. The quantitative estimate of drug-likeness (QED) is 0.786. The number of hydrogen-bond acceptors (Lipinski definition) is 6. The van der Waals surface area contributed by atoms with Gasteiger partial charge in [-0.1, -0.05) is 18.2 Å². The normalized spacial score (nSPS) is 20.7. The van der Waals surface area contributed by atoms with Crippen molar-refractivity contribution in [3.63, 3.8) is 0 Å². The predicted octanol–water partition coefficient (Wildman–Crippen LogP) is 2.62. The molecule has 0 radical (unpaired) electrons. The third-order valence-electron chi connectivity index (χ3n) is 5.10. The number of rotatable bonds is 4. The van der Waals surface area contributed by atoms with E-state index in [0.717, 1.165) is 11.3 Å². The molecule has 2 aliphatic heterocycles. The Bertz CT molecular complexity index is 954. The zero-order valence-corrected chi connectivity index (χ0v) is 16.8. The van der Waals surface area contributed by atoms with Crippen molar-refractivity contribution < 1.29 is 23.8 Å². The lowest BCUT2D eigenvalue weighted by Gasteiger charge is -2.33. The average Bonchev–Trinajstić information content (AvgIpc) is 3.18. The van der Waals surface area contributed by atoms with E-state index in [-0.39, 0.29) is 17.6 Å². The minimum atomic E-state index is -1.15. The second-order valence-electron chi connectivity index (χ2n) is 6.43. The minimum absolute atomic E-state index is 0.154. The van der Waals surface area contributed by atoms with Crippen molar-refractivity contribution >= 4 is 35.0 Å². The first kappa shape index (κ1) is 18.5. The van der Waals surface area contributed by atoms with E-state index in [2.05, 4.69) is 0 Å². The summed E-state index contributed by atoms with van der Waals surface area (Å²) in [5.74, 6) is 1.16. The SMILES string of the molecule is COc1cc(N2C(=O)CS[C@]23C(=O)N(C)c2ccccc23)cc(OC)c1OC. The number of methoxy groups -OCH3 is 3. The van der Waals surface area contributed by atoms with E-state index < -0.39 is 4.87 Å². The molecule has 1 spiro atoms. The highest BCUT2D eigenvalue weighted by Gasteiger charge is 2.60. The first-order valence-corrected chi connectivity index (χ1v) is 9.62. The van der Waals surface area contributed by atoms with Crippen LogP contribution in [0.5, 0.6) is 17.2 Å². The Balaban J connectivity index is 1.95. The Morgan fingerprint density at radius 3 is 2.25 bits per heavy atom. The molecule has 1 atom stereocenters. The van der Waals surface area contributed by atoms with Crippen LogP contribution in [0.1, 0.15) is 5.56 Å². The van der Waals surface area contributed by atoms with E-state index in [9.17, 15) is 9.59 Å². The van der Waals surface area contributed by atoms with Gasteiger partial charge in [-0.15, -0.1) is 11.8 Å². The molecule has 2 aromatic rings. The van der Waals surface area contributed by atoms with Crippen LogP contribution in [0.3, 0.4) is 0 Å². The first-order chi connectivity index (χ1) is 13.5. The molecule has 7 nitrogen and oxygen atoms in total. The van der Waals surface area contributed by atoms with Gasteiger partial charge in [0, 0.05) is 24.7 Å². The van der Waals surface area contributed by atoms with Crippen LogP contribution in [0, 0.1) is 0 Å². The van der Waals surface area contributed by atoms with Crippen molar-refractivity contribution in [1.82, 2.24) is 0 Å². The molecule has 1 saturated heterocycles. The van der Waals surface area contributed by atoms with Crippen molar-refractivity contribution in [1.29, 1.82) is 0 Å². The summed E-state index contributed by atoms with van der Waals surface area (Å²) in [6.45, 7) is 0. The van der Waals surface area contributed by atoms with E-state index in [0.29, 0.717) is 22.9 Å². The molecule has 2 aromatic carbocycles. The van der Waals surface area contributed by atoms with Gasteiger partial charge in [-0.3, -0.25) is 14.5 Å². The summed E-state index contributed by atoms with van der Waals surface area (Å²) in [4.78, 5) is 28.4. The Morgan fingerprint density at radius 2 is 1.64 bits per heavy atom. The number of ether oxygens (including phenoxy) is 3. The summed E-state index contributed by atoms with van der Waals surface area (Å²) in [6, 6.07) is 10.9. The Labute approximate surface area is 167 Å². The number of hydrogen-bond donors (Lipinski definition) is 0. The number of carbonyl (C=O) groups is 2. The second-order valence-corrected chi connectivity index (χ2v) is 7.59. The van der Waals surface area contributed by atoms with Gasteiger partial charge in [0.2, 0.25) is 16.5 Å². The molecule has 2 amide bonds. The number of fused-ring (bicyclic) bond motifs is 2. The second kappa shape index (κ2) is 6.63. The highest BCUT2D eigenvalue weighted by atomic mass is 32.2. The number of benzene rings is 2.